The minimum Gasteiger partial charge on any atom is -0.320 e. The highest BCUT2D eigenvalue weighted by Crippen LogP contribution is 2.35. The zero-order valence-corrected chi connectivity index (χ0v) is 18.0. The minimum atomic E-state index is -0.154. The second-order valence-corrected chi connectivity index (χ2v) is 9.02. The van der Waals surface area contributed by atoms with Crippen molar-refractivity contribution in [3.05, 3.63) is 64.1 Å². The van der Waals surface area contributed by atoms with Crippen LogP contribution >= 0.6 is 0 Å². The van der Waals surface area contributed by atoms with Gasteiger partial charge in [-0.3, -0.25) is 9.59 Å². The van der Waals surface area contributed by atoms with E-state index in [9.17, 15) is 9.59 Å². The molecule has 2 bridgehead atoms. The molecule has 0 spiro atoms. The first-order valence-corrected chi connectivity index (χ1v) is 10.9. The Bertz CT molecular complexity index is 938. The van der Waals surface area contributed by atoms with E-state index in [1.807, 2.05) is 24.7 Å². The molecule has 30 heavy (non-hydrogen) atoms. The number of benzene rings is 1. The van der Waals surface area contributed by atoms with Crippen LogP contribution in [-0.4, -0.2) is 60.5 Å². The first kappa shape index (κ1) is 20.8. The monoisotopic (exact) mass is 408 g/mol. The highest BCUT2D eigenvalue weighted by atomic mass is 16.2. The highest BCUT2D eigenvalue weighted by molar-refractivity contribution is 5.92. The number of nitrogens with zero attached hydrogens (tertiary/aromatic N) is 3. The Morgan fingerprint density at radius 3 is 2.67 bits per heavy atom. The highest BCUT2D eigenvalue weighted by Gasteiger charge is 2.34. The van der Waals surface area contributed by atoms with Crippen molar-refractivity contribution in [2.24, 2.45) is 5.92 Å². The molecule has 0 aliphatic carbocycles. The van der Waals surface area contributed by atoms with Crippen LogP contribution in [0.4, 0.5) is 5.69 Å². The summed E-state index contributed by atoms with van der Waals surface area (Å²) >= 11 is 0. The summed E-state index contributed by atoms with van der Waals surface area (Å²) in [6, 6.07) is 14.5. The lowest BCUT2D eigenvalue weighted by atomic mass is 9.83. The predicted molar refractivity (Wildman–Crippen MR) is 120 cm³/mol. The van der Waals surface area contributed by atoms with Crippen LogP contribution in [0.15, 0.2) is 47.3 Å². The van der Waals surface area contributed by atoms with E-state index in [0.29, 0.717) is 17.5 Å². The molecule has 0 saturated carbocycles. The van der Waals surface area contributed by atoms with E-state index in [0.717, 1.165) is 51.1 Å². The average Bonchev–Trinajstić information content (AvgIpc) is 2.71. The number of aryl methyl sites for hydroxylation is 1. The van der Waals surface area contributed by atoms with Crippen LogP contribution in [-0.2, 0) is 17.8 Å². The fraction of sp³-hybridized carbons (Fsp3) is 0.500. The van der Waals surface area contributed by atoms with Crippen LogP contribution in [0.1, 0.15) is 30.0 Å². The van der Waals surface area contributed by atoms with Crippen LogP contribution in [0.25, 0.3) is 0 Å². The number of hydrogen-bond donors (Lipinski definition) is 1. The number of amides is 1. The van der Waals surface area contributed by atoms with Gasteiger partial charge in [-0.2, -0.15) is 0 Å². The maximum atomic E-state index is 13.0. The van der Waals surface area contributed by atoms with Gasteiger partial charge < -0.3 is 19.7 Å². The molecular formula is C24H32N4O2. The lowest BCUT2D eigenvalue weighted by Gasteiger charge is -2.43. The topological polar surface area (TPSA) is 57.6 Å². The number of hydrogen-bond acceptors (Lipinski definition) is 4. The number of carbonyl (C=O) groups excluding carboxylic acids is 1. The Hall–Kier alpha value is -2.44. The van der Waals surface area contributed by atoms with Gasteiger partial charge in [-0.05, 0) is 63.5 Å². The quantitative estimate of drug-likeness (QED) is 0.764. The first-order chi connectivity index (χ1) is 14.5. The third-order valence-electron chi connectivity index (χ3n) is 6.20. The summed E-state index contributed by atoms with van der Waals surface area (Å²) in [6.07, 6.45) is 3.42. The molecule has 1 aromatic heterocycles. The molecule has 2 aromatic rings. The molecule has 1 aromatic carbocycles. The summed E-state index contributed by atoms with van der Waals surface area (Å²) in [5.41, 5.74) is 2.85. The Balaban J connectivity index is 1.40. The number of nitrogens with one attached hydrogen (secondary N) is 1. The van der Waals surface area contributed by atoms with Gasteiger partial charge >= 0.3 is 0 Å². The van der Waals surface area contributed by atoms with Gasteiger partial charge in [0.1, 0.15) is 5.69 Å². The second kappa shape index (κ2) is 9.14. The summed E-state index contributed by atoms with van der Waals surface area (Å²) in [7, 11) is 3.68. The van der Waals surface area contributed by atoms with Crippen molar-refractivity contribution in [3.8, 4) is 0 Å². The Morgan fingerprint density at radius 1 is 1.10 bits per heavy atom. The zero-order valence-electron chi connectivity index (χ0n) is 18.0. The normalized spacial score (nSPS) is 20.8. The van der Waals surface area contributed by atoms with Crippen LogP contribution < -0.4 is 10.9 Å². The number of aromatic nitrogens is 1. The number of fused-ring (bicyclic) bond motifs is 4. The Kier molecular flexibility index (Phi) is 6.35. The number of piperidine rings is 1. The van der Waals surface area contributed by atoms with E-state index in [-0.39, 0.29) is 18.0 Å². The van der Waals surface area contributed by atoms with E-state index in [2.05, 4.69) is 40.5 Å². The molecule has 4 rings (SSSR count). The number of likely N-dealkylation sites (N-methyl/N-ethyl adjacent to an activating group) is 1. The fourth-order valence-corrected chi connectivity index (χ4v) is 4.95. The lowest BCUT2D eigenvalue weighted by molar-refractivity contribution is -0.116. The molecule has 3 heterocycles. The fourth-order valence-electron chi connectivity index (χ4n) is 4.95. The molecule has 1 saturated heterocycles. The third kappa shape index (κ3) is 4.82. The van der Waals surface area contributed by atoms with Crippen LogP contribution in [0, 0.1) is 5.92 Å². The van der Waals surface area contributed by atoms with E-state index >= 15 is 0 Å². The molecule has 2 aliphatic heterocycles. The van der Waals surface area contributed by atoms with Crippen molar-refractivity contribution < 1.29 is 4.79 Å². The summed E-state index contributed by atoms with van der Waals surface area (Å²) in [4.78, 5) is 29.4. The first-order valence-electron chi connectivity index (χ1n) is 10.9. The number of carbonyl (C=O) groups is 1. The van der Waals surface area contributed by atoms with Gasteiger partial charge in [0.05, 0.1) is 6.54 Å². The van der Waals surface area contributed by atoms with Crippen molar-refractivity contribution in [2.45, 2.75) is 31.7 Å². The summed E-state index contributed by atoms with van der Waals surface area (Å²) in [5.74, 6) is 0.741. The van der Waals surface area contributed by atoms with Gasteiger partial charge in [0.2, 0.25) is 5.91 Å². The van der Waals surface area contributed by atoms with Crippen molar-refractivity contribution in [1.82, 2.24) is 14.4 Å². The summed E-state index contributed by atoms with van der Waals surface area (Å²) < 4.78 is 1.91. The second-order valence-electron chi connectivity index (χ2n) is 9.02. The molecule has 1 fully saturated rings. The molecule has 2 aliphatic rings. The van der Waals surface area contributed by atoms with E-state index in [1.165, 1.54) is 5.56 Å². The SMILES string of the molecule is CN(C)CC(=O)Nc1ccc2n(c1=O)CC1CC2CN(CCCc2ccccc2)C1. The van der Waals surface area contributed by atoms with Gasteiger partial charge in [0.25, 0.3) is 5.56 Å². The average molecular weight is 409 g/mol. The summed E-state index contributed by atoms with van der Waals surface area (Å²) in [6.45, 7) is 4.18. The van der Waals surface area contributed by atoms with Gasteiger partial charge in [-0.25, -0.2) is 0 Å². The number of anilines is 1. The minimum absolute atomic E-state index is 0.0631. The van der Waals surface area contributed by atoms with E-state index < -0.39 is 0 Å². The Labute approximate surface area is 178 Å². The van der Waals surface area contributed by atoms with Crippen molar-refractivity contribution in [2.75, 3.05) is 45.6 Å². The lowest BCUT2D eigenvalue weighted by Crippen LogP contribution is -2.47. The largest absolute Gasteiger partial charge is 0.320 e. The zero-order chi connectivity index (χ0) is 21.1. The number of likely N-dealkylation sites (tertiary alicyclic amines) is 1. The standard InChI is InChI=1S/C24H32N4O2/c1-26(2)17-23(29)25-21-10-11-22-20-13-19(15-28(22)24(21)30)14-27(16-20)12-6-9-18-7-4-3-5-8-18/h3-5,7-8,10-11,19-20H,6,9,12-17H2,1-2H3,(H,25,29). The van der Waals surface area contributed by atoms with Gasteiger partial charge in [-0.1, -0.05) is 30.3 Å². The van der Waals surface area contributed by atoms with Gasteiger partial charge in [-0.15, -0.1) is 0 Å². The molecular weight excluding hydrogens is 376 g/mol. The molecule has 2 atom stereocenters. The van der Waals surface area contributed by atoms with Crippen molar-refractivity contribution >= 4 is 11.6 Å². The molecule has 6 nitrogen and oxygen atoms in total. The maximum Gasteiger partial charge on any atom is 0.274 e. The maximum absolute atomic E-state index is 13.0. The number of rotatable bonds is 7. The van der Waals surface area contributed by atoms with Gasteiger partial charge in [0, 0.05) is 31.2 Å². The molecule has 1 N–H and O–H groups in total. The molecule has 1 amide bonds. The van der Waals surface area contributed by atoms with E-state index in [1.54, 1.807) is 11.0 Å². The van der Waals surface area contributed by atoms with Crippen molar-refractivity contribution in [1.29, 1.82) is 0 Å². The third-order valence-corrected chi connectivity index (χ3v) is 6.20. The van der Waals surface area contributed by atoms with Crippen LogP contribution in [0.2, 0.25) is 0 Å². The Morgan fingerprint density at radius 2 is 1.90 bits per heavy atom. The summed E-state index contributed by atoms with van der Waals surface area (Å²) in [5, 5.41) is 2.79. The smallest absolute Gasteiger partial charge is 0.274 e. The number of pyridine rings is 1. The van der Waals surface area contributed by atoms with E-state index in [4.69, 9.17) is 0 Å². The van der Waals surface area contributed by atoms with Crippen LogP contribution in [0.5, 0.6) is 0 Å². The van der Waals surface area contributed by atoms with Gasteiger partial charge in [0.15, 0.2) is 0 Å². The van der Waals surface area contributed by atoms with Crippen molar-refractivity contribution in [3.63, 3.8) is 0 Å². The van der Waals surface area contributed by atoms with Crippen LogP contribution in [0.3, 0.4) is 0 Å². The molecule has 0 radical (unpaired) electrons. The molecule has 6 heteroatoms. The molecule has 2 unspecified atom stereocenters. The molecule has 160 valence electrons. The predicted octanol–water partition coefficient (Wildman–Crippen LogP) is 2.40.